The summed E-state index contributed by atoms with van der Waals surface area (Å²) >= 11 is 3.60. The normalized spacial score (nSPS) is 12.4. The molecule has 0 fully saturated rings. The van der Waals surface area contributed by atoms with Gasteiger partial charge in [-0.15, -0.1) is 0 Å². The van der Waals surface area contributed by atoms with Gasteiger partial charge >= 0.3 is 0 Å². The fourth-order valence-electron chi connectivity index (χ4n) is 2.03. The monoisotopic (exact) mass is 359 g/mol. The van der Waals surface area contributed by atoms with Crippen LogP contribution in [0.15, 0.2) is 22.7 Å². The molecule has 0 aliphatic carbocycles. The number of aliphatic hydroxyl groups excluding tert-OH is 1. The molecule has 0 aliphatic rings. The molecule has 0 amide bonds. The van der Waals surface area contributed by atoms with Crippen LogP contribution in [0.4, 0.5) is 5.69 Å². The van der Waals surface area contributed by atoms with E-state index in [-0.39, 0.29) is 0 Å². The van der Waals surface area contributed by atoms with E-state index in [0.29, 0.717) is 13.2 Å². The van der Waals surface area contributed by atoms with Crippen molar-refractivity contribution in [3.05, 3.63) is 28.2 Å². The van der Waals surface area contributed by atoms with Crippen LogP contribution < -0.4 is 4.90 Å². The molecule has 0 aliphatic heterocycles. The highest BCUT2D eigenvalue weighted by Gasteiger charge is 2.12. The number of hydrogen-bond acceptors (Lipinski definition) is 4. The zero-order valence-corrected chi connectivity index (χ0v) is 14.7. The van der Waals surface area contributed by atoms with Crippen LogP contribution in [0.2, 0.25) is 0 Å². The van der Waals surface area contributed by atoms with Gasteiger partial charge in [-0.25, -0.2) is 0 Å². The molecule has 1 atom stereocenters. The second kappa shape index (κ2) is 10.2. The quantitative estimate of drug-likeness (QED) is 0.650. The van der Waals surface area contributed by atoms with Crippen molar-refractivity contribution in [1.82, 2.24) is 0 Å². The van der Waals surface area contributed by atoms with E-state index < -0.39 is 6.10 Å². The van der Waals surface area contributed by atoms with Crippen molar-refractivity contribution >= 4 is 21.6 Å². The van der Waals surface area contributed by atoms with Crippen molar-refractivity contribution in [2.24, 2.45) is 0 Å². The smallest absolute Gasteiger partial charge is 0.0762 e. The third kappa shape index (κ3) is 6.34. The molecule has 5 heteroatoms. The predicted octanol–water partition coefficient (Wildman–Crippen LogP) is 3.38. The maximum absolute atomic E-state index is 9.65. The van der Waals surface area contributed by atoms with Crippen molar-refractivity contribution < 1.29 is 14.6 Å². The number of halogens is 1. The first-order chi connectivity index (χ1) is 10.1. The number of ether oxygens (including phenoxy) is 2. The van der Waals surface area contributed by atoms with Crippen molar-refractivity contribution in [2.75, 3.05) is 44.4 Å². The van der Waals surface area contributed by atoms with Crippen LogP contribution in [0.3, 0.4) is 0 Å². The summed E-state index contributed by atoms with van der Waals surface area (Å²) in [5.74, 6) is 0. The van der Waals surface area contributed by atoms with Gasteiger partial charge in [-0.1, -0.05) is 6.07 Å². The third-order valence-electron chi connectivity index (χ3n) is 3.21. The molecule has 1 N–H and O–H groups in total. The highest BCUT2D eigenvalue weighted by molar-refractivity contribution is 9.10. The summed E-state index contributed by atoms with van der Waals surface area (Å²) in [5.41, 5.74) is 2.00. The van der Waals surface area contributed by atoms with Gasteiger partial charge in [0.15, 0.2) is 0 Å². The van der Waals surface area contributed by atoms with Crippen LogP contribution in [-0.4, -0.2) is 44.6 Å². The van der Waals surface area contributed by atoms with Gasteiger partial charge in [-0.05, 0) is 54.4 Å². The van der Waals surface area contributed by atoms with Gasteiger partial charge in [0.1, 0.15) is 0 Å². The van der Waals surface area contributed by atoms with Gasteiger partial charge in [0, 0.05) is 30.8 Å². The summed E-state index contributed by atoms with van der Waals surface area (Å²) in [6.45, 7) is 10.2. The molecule has 0 saturated carbocycles. The Hall–Kier alpha value is -0.620. The molecule has 1 rings (SSSR count). The van der Waals surface area contributed by atoms with E-state index in [1.54, 1.807) is 6.92 Å². The van der Waals surface area contributed by atoms with E-state index in [9.17, 15) is 5.11 Å². The summed E-state index contributed by atoms with van der Waals surface area (Å²) < 4.78 is 11.9. The molecule has 1 unspecified atom stereocenters. The van der Waals surface area contributed by atoms with Crippen LogP contribution >= 0.6 is 15.9 Å². The fraction of sp³-hybridized carbons (Fsp3) is 0.625. The van der Waals surface area contributed by atoms with Crippen molar-refractivity contribution in [3.63, 3.8) is 0 Å². The fourth-order valence-corrected chi connectivity index (χ4v) is 2.68. The zero-order chi connectivity index (χ0) is 15.7. The number of anilines is 1. The Morgan fingerprint density at radius 3 is 2.14 bits per heavy atom. The molecular weight excluding hydrogens is 334 g/mol. The van der Waals surface area contributed by atoms with Crippen molar-refractivity contribution in [2.45, 2.75) is 26.9 Å². The van der Waals surface area contributed by atoms with Gasteiger partial charge in [0.2, 0.25) is 0 Å². The topological polar surface area (TPSA) is 41.9 Å². The first-order valence-corrected chi connectivity index (χ1v) is 8.27. The Labute approximate surface area is 136 Å². The van der Waals surface area contributed by atoms with Crippen LogP contribution in [0.1, 0.15) is 32.4 Å². The molecule has 21 heavy (non-hydrogen) atoms. The van der Waals surface area contributed by atoms with E-state index in [1.807, 2.05) is 32.0 Å². The largest absolute Gasteiger partial charge is 0.389 e. The van der Waals surface area contributed by atoms with Crippen LogP contribution in [0, 0.1) is 0 Å². The minimum Gasteiger partial charge on any atom is -0.389 e. The lowest BCUT2D eigenvalue weighted by atomic mass is 10.1. The maximum Gasteiger partial charge on any atom is 0.0762 e. The standard InChI is InChI=1S/C16H26BrNO3/c1-4-20-10-8-18(9-11-21-5-2)16-7-6-14(13(3)19)12-15(16)17/h6-7,12-13,19H,4-5,8-11H2,1-3H3. The number of nitrogens with zero attached hydrogens (tertiary/aromatic N) is 1. The lowest BCUT2D eigenvalue weighted by molar-refractivity contribution is 0.141. The molecule has 1 aromatic rings. The number of rotatable bonds is 10. The van der Waals surface area contributed by atoms with Crippen molar-refractivity contribution in [1.29, 1.82) is 0 Å². The van der Waals surface area contributed by atoms with E-state index in [2.05, 4.69) is 20.8 Å². The number of aliphatic hydroxyl groups is 1. The van der Waals surface area contributed by atoms with Gasteiger partial charge < -0.3 is 19.5 Å². The Balaban J connectivity index is 2.79. The Morgan fingerprint density at radius 1 is 1.14 bits per heavy atom. The summed E-state index contributed by atoms with van der Waals surface area (Å²) in [6, 6.07) is 5.96. The molecular formula is C16H26BrNO3. The first kappa shape index (κ1) is 18.4. The van der Waals surface area contributed by atoms with E-state index in [4.69, 9.17) is 9.47 Å². The van der Waals surface area contributed by atoms with Crippen LogP contribution in [0.25, 0.3) is 0 Å². The molecule has 0 aromatic heterocycles. The minimum absolute atomic E-state index is 0.462. The third-order valence-corrected chi connectivity index (χ3v) is 3.85. The first-order valence-electron chi connectivity index (χ1n) is 7.48. The van der Waals surface area contributed by atoms with E-state index >= 15 is 0 Å². The van der Waals surface area contributed by atoms with Crippen LogP contribution in [-0.2, 0) is 9.47 Å². The van der Waals surface area contributed by atoms with Gasteiger partial charge in [0.05, 0.1) is 25.0 Å². The maximum atomic E-state index is 9.65. The molecule has 0 saturated heterocycles. The molecule has 0 spiro atoms. The molecule has 4 nitrogen and oxygen atoms in total. The molecule has 0 bridgehead atoms. The molecule has 0 radical (unpaired) electrons. The molecule has 0 heterocycles. The minimum atomic E-state index is -0.462. The number of benzene rings is 1. The van der Waals surface area contributed by atoms with Gasteiger partial charge in [-0.3, -0.25) is 0 Å². The highest BCUT2D eigenvalue weighted by Crippen LogP contribution is 2.29. The summed E-state index contributed by atoms with van der Waals surface area (Å²) in [5, 5.41) is 9.65. The summed E-state index contributed by atoms with van der Waals surface area (Å²) in [6.07, 6.45) is -0.462. The molecule has 120 valence electrons. The highest BCUT2D eigenvalue weighted by atomic mass is 79.9. The lowest BCUT2D eigenvalue weighted by Crippen LogP contribution is -2.31. The second-order valence-electron chi connectivity index (χ2n) is 4.77. The zero-order valence-electron chi connectivity index (χ0n) is 13.1. The van der Waals surface area contributed by atoms with Gasteiger partial charge in [0.25, 0.3) is 0 Å². The Kier molecular flexibility index (Phi) is 8.92. The summed E-state index contributed by atoms with van der Waals surface area (Å²) in [7, 11) is 0. The van der Waals surface area contributed by atoms with E-state index in [1.165, 1.54) is 0 Å². The Morgan fingerprint density at radius 2 is 1.71 bits per heavy atom. The number of hydrogen-bond donors (Lipinski definition) is 1. The molecule has 1 aromatic carbocycles. The van der Waals surface area contributed by atoms with Gasteiger partial charge in [-0.2, -0.15) is 0 Å². The van der Waals surface area contributed by atoms with E-state index in [0.717, 1.165) is 42.0 Å². The Bertz CT molecular complexity index is 403. The van der Waals surface area contributed by atoms with Crippen LogP contribution in [0.5, 0.6) is 0 Å². The SMILES string of the molecule is CCOCCN(CCOCC)c1ccc(C(C)O)cc1Br. The lowest BCUT2D eigenvalue weighted by Gasteiger charge is -2.26. The second-order valence-corrected chi connectivity index (χ2v) is 5.62. The summed E-state index contributed by atoms with van der Waals surface area (Å²) in [4.78, 5) is 2.24. The average Bonchev–Trinajstić information content (AvgIpc) is 2.46. The van der Waals surface area contributed by atoms with Crippen molar-refractivity contribution in [3.8, 4) is 0 Å². The predicted molar refractivity (Wildman–Crippen MR) is 90.0 cm³/mol. The average molecular weight is 360 g/mol.